The number of nitrogens with one attached hydrogen (secondary N) is 1. The highest BCUT2D eigenvalue weighted by atomic mass is 35.5. The standard InChI is InChI=1S/C27H21ClN2O3S/c1-18-6-11-22(12-7-18)34(33)15-14-19-8-9-21(24-5-3-2-4-23(19)24)17-29-30-27(32)20-10-13-26(31)25(28)16-20/h2-17,31H,1H3,(H,30,32)/b15-14+,29-17+. The van der Waals surface area contributed by atoms with Crippen LogP contribution in [0.3, 0.4) is 0 Å². The second-order valence-corrected chi connectivity index (χ2v) is 9.31. The minimum absolute atomic E-state index is 0.0922. The summed E-state index contributed by atoms with van der Waals surface area (Å²) in [5.74, 6) is -0.536. The lowest BCUT2D eigenvalue weighted by Crippen LogP contribution is -2.17. The number of amides is 1. The molecule has 0 radical (unpaired) electrons. The summed E-state index contributed by atoms with van der Waals surface area (Å²) in [4.78, 5) is 13.0. The van der Waals surface area contributed by atoms with E-state index < -0.39 is 16.7 Å². The summed E-state index contributed by atoms with van der Waals surface area (Å²) in [5.41, 5.74) is 5.62. The van der Waals surface area contributed by atoms with Crippen molar-refractivity contribution in [3.63, 3.8) is 0 Å². The van der Waals surface area contributed by atoms with Gasteiger partial charge in [-0.3, -0.25) is 4.79 Å². The highest BCUT2D eigenvalue weighted by Gasteiger charge is 2.08. The molecule has 0 saturated heterocycles. The number of carbonyl (C=O) groups is 1. The Bertz CT molecular complexity index is 1450. The van der Waals surface area contributed by atoms with Crippen molar-refractivity contribution >= 4 is 51.4 Å². The van der Waals surface area contributed by atoms with Crippen LogP contribution in [0.4, 0.5) is 0 Å². The van der Waals surface area contributed by atoms with Gasteiger partial charge in [-0.1, -0.05) is 65.7 Å². The second kappa shape index (κ2) is 10.5. The van der Waals surface area contributed by atoms with Gasteiger partial charge in [0, 0.05) is 21.4 Å². The molecule has 0 fully saturated rings. The SMILES string of the molecule is Cc1ccc(S(=O)/C=C/c2ccc(/C=N/NC(=O)c3ccc(O)c(Cl)c3)c3ccccc23)cc1. The fourth-order valence-corrected chi connectivity index (χ4v) is 4.38. The Kier molecular flexibility index (Phi) is 7.21. The van der Waals surface area contributed by atoms with Crippen LogP contribution in [-0.4, -0.2) is 21.4 Å². The molecule has 1 atom stereocenters. The molecule has 7 heteroatoms. The molecular formula is C27H21ClN2O3S. The van der Waals surface area contributed by atoms with Crippen LogP contribution in [0.25, 0.3) is 16.8 Å². The van der Waals surface area contributed by atoms with Crippen molar-refractivity contribution in [3.05, 3.63) is 112 Å². The van der Waals surface area contributed by atoms with E-state index >= 15 is 0 Å². The maximum atomic E-state index is 12.6. The van der Waals surface area contributed by atoms with E-state index in [1.165, 1.54) is 18.2 Å². The normalized spacial score (nSPS) is 12.4. The lowest BCUT2D eigenvalue weighted by Gasteiger charge is -2.06. The molecule has 0 heterocycles. The van der Waals surface area contributed by atoms with Gasteiger partial charge in [0.05, 0.1) is 22.0 Å². The molecular weight excluding hydrogens is 468 g/mol. The number of benzene rings is 4. The van der Waals surface area contributed by atoms with Gasteiger partial charge in [0.25, 0.3) is 5.91 Å². The summed E-state index contributed by atoms with van der Waals surface area (Å²) in [6.07, 6.45) is 3.43. The molecule has 0 bridgehead atoms. The Labute approximate surface area is 204 Å². The van der Waals surface area contributed by atoms with Crippen LogP contribution in [0.5, 0.6) is 5.75 Å². The summed E-state index contributed by atoms with van der Waals surface area (Å²) in [7, 11) is -1.25. The van der Waals surface area contributed by atoms with Crippen molar-refractivity contribution in [2.45, 2.75) is 11.8 Å². The van der Waals surface area contributed by atoms with Gasteiger partial charge < -0.3 is 5.11 Å². The molecule has 4 aromatic carbocycles. The first-order valence-electron chi connectivity index (χ1n) is 10.4. The minimum Gasteiger partial charge on any atom is -0.506 e. The largest absolute Gasteiger partial charge is 0.506 e. The molecule has 0 spiro atoms. The third kappa shape index (κ3) is 5.42. The first kappa shape index (κ1) is 23.4. The van der Waals surface area contributed by atoms with Crippen LogP contribution < -0.4 is 5.43 Å². The molecule has 0 aromatic heterocycles. The average molecular weight is 489 g/mol. The number of phenols is 1. The molecule has 2 N–H and O–H groups in total. The van der Waals surface area contributed by atoms with E-state index in [1.54, 1.807) is 11.6 Å². The Hall–Kier alpha value is -3.74. The zero-order chi connectivity index (χ0) is 24.1. The van der Waals surface area contributed by atoms with E-state index in [-0.39, 0.29) is 16.3 Å². The van der Waals surface area contributed by atoms with Crippen LogP contribution in [0.15, 0.2) is 94.3 Å². The third-order valence-electron chi connectivity index (χ3n) is 5.20. The highest BCUT2D eigenvalue weighted by molar-refractivity contribution is 7.88. The predicted octanol–water partition coefficient (Wildman–Crippen LogP) is 6.05. The van der Waals surface area contributed by atoms with E-state index in [0.29, 0.717) is 0 Å². The number of nitrogens with zero attached hydrogens (tertiary/aromatic N) is 1. The van der Waals surface area contributed by atoms with Crippen molar-refractivity contribution in [2.75, 3.05) is 0 Å². The number of hydrogen-bond acceptors (Lipinski definition) is 4. The fraction of sp³-hybridized carbons (Fsp3) is 0.0370. The van der Waals surface area contributed by atoms with E-state index in [0.717, 1.165) is 32.4 Å². The fourth-order valence-electron chi connectivity index (χ4n) is 3.36. The quantitative estimate of drug-likeness (QED) is 0.256. The van der Waals surface area contributed by atoms with E-state index in [9.17, 15) is 14.1 Å². The van der Waals surface area contributed by atoms with Crippen molar-refractivity contribution in [1.82, 2.24) is 5.43 Å². The summed E-state index contributed by atoms with van der Waals surface area (Å²) >= 11 is 5.86. The molecule has 4 rings (SSSR count). The zero-order valence-corrected chi connectivity index (χ0v) is 19.8. The van der Waals surface area contributed by atoms with Crippen LogP contribution >= 0.6 is 11.6 Å². The van der Waals surface area contributed by atoms with Crippen LogP contribution in [0.1, 0.15) is 27.0 Å². The van der Waals surface area contributed by atoms with Crippen molar-refractivity contribution < 1.29 is 14.1 Å². The molecule has 0 aliphatic carbocycles. The number of carbonyl (C=O) groups excluding carboxylic acids is 1. The van der Waals surface area contributed by atoms with Gasteiger partial charge in [0.2, 0.25) is 0 Å². The number of fused-ring (bicyclic) bond motifs is 1. The summed E-state index contributed by atoms with van der Waals surface area (Å²) < 4.78 is 12.6. The van der Waals surface area contributed by atoms with Gasteiger partial charge in [-0.2, -0.15) is 5.10 Å². The predicted molar refractivity (Wildman–Crippen MR) is 139 cm³/mol. The van der Waals surface area contributed by atoms with Gasteiger partial charge in [-0.05, 0) is 59.7 Å². The van der Waals surface area contributed by atoms with E-state index in [4.69, 9.17) is 11.6 Å². The number of hydrazone groups is 1. The molecule has 1 amide bonds. The van der Waals surface area contributed by atoms with Gasteiger partial charge in [0.1, 0.15) is 5.75 Å². The number of phenolic OH excluding ortho intramolecular Hbond substituents is 1. The number of rotatable bonds is 6. The van der Waals surface area contributed by atoms with Gasteiger partial charge in [0.15, 0.2) is 0 Å². The molecule has 0 aliphatic rings. The van der Waals surface area contributed by atoms with E-state index in [2.05, 4.69) is 10.5 Å². The number of hydrogen-bond donors (Lipinski definition) is 2. The number of aryl methyl sites for hydroxylation is 1. The van der Waals surface area contributed by atoms with Crippen molar-refractivity contribution in [3.8, 4) is 5.75 Å². The monoisotopic (exact) mass is 488 g/mol. The number of aromatic hydroxyl groups is 1. The molecule has 4 aromatic rings. The van der Waals surface area contributed by atoms with Gasteiger partial charge in [-0.15, -0.1) is 0 Å². The summed E-state index contributed by atoms with van der Waals surface area (Å²) in [6, 6.07) is 23.4. The summed E-state index contributed by atoms with van der Waals surface area (Å²) in [5, 5.41) is 17.3. The Balaban J connectivity index is 1.54. The van der Waals surface area contributed by atoms with E-state index in [1.807, 2.05) is 73.7 Å². The maximum absolute atomic E-state index is 12.6. The molecule has 5 nitrogen and oxygen atoms in total. The first-order valence-corrected chi connectivity index (χ1v) is 12.0. The number of halogens is 1. The molecule has 1 unspecified atom stereocenters. The zero-order valence-electron chi connectivity index (χ0n) is 18.2. The first-order chi connectivity index (χ1) is 16.4. The topological polar surface area (TPSA) is 78.8 Å². The smallest absolute Gasteiger partial charge is 0.271 e. The van der Waals surface area contributed by atoms with Gasteiger partial charge in [-0.25, -0.2) is 9.63 Å². The molecule has 0 aliphatic heterocycles. The maximum Gasteiger partial charge on any atom is 0.271 e. The van der Waals surface area contributed by atoms with Crippen molar-refractivity contribution in [1.29, 1.82) is 0 Å². The lowest BCUT2D eigenvalue weighted by molar-refractivity contribution is 0.0955. The minimum atomic E-state index is -1.25. The lowest BCUT2D eigenvalue weighted by atomic mass is 10.0. The molecule has 170 valence electrons. The Morgan fingerprint density at radius 3 is 2.35 bits per heavy atom. The van der Waals surface area contributed by atoms with Crippen LogP contribution in [-0.2, 0) is 10.8 Å². The Morgan fingerprint density at radius 2 is 1.65 bits per heavy atom. The van der Waals surface area contributed by atoms with Gasteiger partial charge >= 0.3 is 0 Å². The second-order valence-electron chi connectivity index (χ2n) is 7.57. The Morgan fingerprint density at radius 1 is 0.971 bits per heavy atom. The van der Waals surface area contributed by atoms with Crippen LogP contribution in [0, 0.1) is 6.92 Å². The summed E-state index contributed by atoms with van der Waals surface area (Å²) in [6.45, 7) is 1.99. The molecule has 34 heavy (non-hydrogen) atoms. The van der Waals surface area contributed by atoms with Crippen LogP contribution in [0.2, 0.25) is 5.02 Å². The average Bonchev–Trinajstić information content (AvgIpc) is 2.85. The third-order valence-corrected chi connectivity index (χ3v) is 6.62. The molecule has 0 saturated carbocycles. The highest BCUT2D eigenvalue weighted by Crippen LogP contribution is 2.25. The van der Waals surface area contributed by atoms with Crippen molar-refractivity contribution in [2.24, 2.45) is 5.10 Å².